The number of rotatable bonds is 44. The Bertz CT molecular complexity index is 3520. The van der Waals surface area contributed by atoms with Crippen LogP contribution in [0.5, 0.6) is 0 Å². The van der Waals surface area contributed by atoms with Gasteiger partial charge in [-0.15, -0.1) is 0 Å². The highest BCUT2D eigenvalue weighted by Crippen LogP contribution is 2.15. The predicted octanol–water partition coefficient (Wildman–Crippen LogP) is -8.06. The first kappa shape index (κ1) is 98.4. The molecule has 13 atom stereocenters. The van der Waals surface area contributed by atoms with Crippen molar-refractivity contribution >= 4 is 116 Å². The summed E-state index contributed by atoms with van der Waals surface area (Å²) in [6, 6.07) is -18.5. The molecule has 1 saturated heterocycles. The van der Waals surface area contributed by atoms with Crippen LogP contribution in [0.4, 0.5) is 0 Å². The van der Waals surface area contributed by atoms with Gasteiger partial charge in [-0.1, -0.05) is 60.8 Å². The smallest absolute Gasteiger partial charge is 0.278 e. The van der Waals surface area contributed by atoms with Gasteiger partial charge in [-0.3, -0.25) is 75.5 Å². The summed E-state index contributed by atoms with van der Waals surface area (Å²) in [4.78, 5) is 158. The van der Waals surface area contributed by atoms with E-state index in [9.17, 15) is 128 Å². The van der Waals surface area contributed by atoms with Crippen LogP contribution in [0.2, 0.25) is 0 Å². The van der Waals surface area contributed by atoms with E-state index in [2.05, 4.69) is 85.1 Å². The number of carbonyl (C=O) groups is 11. The molecule has 0 aromatic heterocycles. The lowest BCUT2D eigenvalue weighted by Crippen LogP contribution is -2.62. The molecule has 1 rings (SSSR count). The Balaban J connectivity index is 4.33. The highest BCUT2D eigenvalue weighted by atomic mass is 32.2. The first-order valence-corrected chi connectivity index (χ1v) is 42.4. The van der Waals surface area contributed by atoms with Gasteiger partial charge in [-0.25, -0.2) is 0 Å². The van der Waals surface area contributed by atoms with E-state index in [1.165, 1.54) is 0 Å². The number of aliphatic hydroxyl groups excluding tert-OH is 2. The van der Waals surface area contributed by atoms with Gasteiger partial charge in [0.25, 0.3) is 50.6 Å². The standard InChI is InChI=1S/C58H110N16O28S5/c1-9-35(6)12-10-11-13-46(77)65-38(14-20-59-28-103(88,89)90)53(82)74-48(37(8)76)58(87)70-41(17-23-62-31-106(97,98)99)50(79)68-43-19-25-64-57(86)47(36(7)75)73-54(83)42(18-24-63-32-107(100,101)102)67-49(78)39(15-21-60-29-104(91,92)93)69-55(84)44(26-33(2)3)72-56(85)45(27-34(4)5)71-52(81)40(66-51(43)80)16-22-61-30-105(94,95)96/h33-45,47-48,59-63,75-76H,9-32H2,1-8H3,(H,64,86)(H,65,77)(H,66,80)(H,67,78)(H,68,79)(H,69,84)(H,70,87)(H,71,81)(H,72,85)(H,73,83)(H,74,82)(H,88,89,90)(H,91,92,93)(H,94,95,96)(H,97,98,99)(H,100,101,102)/t35?,36-,37-,38+,39+,40+,41+,42+,43+,44+,45-,47+,48-/m1/s1. The van der Waals surface area contributed by atoms with Crippen LogP contribution in [-0.2, 0) is 103 Å². The van der Waals surface area contributed by atoms with Crippen molar-refractivity contribution in [2.24, 2.45) is 17.8 Å². The average molecular weight is 1640 g/mol. The summed E-state index contributed by atoms with van der Waals surface area (Å²) < 4.78 is 163. The van der Waals surface area contributed by atoms with Crippen LogP contribution in [0.1, 0.15) is 139 Å². The van der Waals surface area contributed by atoms with Crippen LogP contribution in [0, 0.1) is 17.8 Å². The summed E-state index contributed by atoms with van der Waals surface area (Å²) in [5, 5.41) is 59.7. The minimum Gasteiger partial charge on any atom is -0.391 e. The Morgan fingerprint density at radius 2 is 0.804 bits per heavy atom. The van der Waals surface area contributed by atoms with Crippen molar-refractivity contribution < 1.29 is 128 Å². The Labute approximate surface area is 623 Å². The molecule has 0 aliphatic carbocycles. The maximum atomic E-state index is 14.9. The van der Waals surface area contributed by atoms with Crippen LogP contribution < -0.4 is 85.1 Å². The fraction of sp³-hybridized carbons (Fsp3) is 0.810. The monoisotopic (exact) mass is 1640 g/mol. The van der Waals surface area contributed by atoms with Crippen molar-refractivity contribution in [2.75, 3.05) is 68.7 Å². The van der Waals surface area contributed by atoms with Crippen LogP contribution in [0.3, 0.4) is 0 Å². The molecule has 1 fully saturated rings. The van der Waals surface area contributed by atoms with Gasteiger partial charge in [-0.2, -0.15) is 42.1 Å². The van der Waals surface area contributed by atoms with Crippen LogP contribution in [0.25, 0.3) is 0 Å². The number of carbonyl (C=O) groups excluding carboxylic acids is 11. The molecular weight excluding hydrogens is 1530 g/mol. The molecule has 0 saturated carbocycles. The highest BCUT2D eigenvalue weighted by Gasteiger charge is 2.38. The number of hydrogen-bond acceptors (Lipinski definition) is 28. The molecule has 1 heterocycles. The zero-order chi connectivity index (χ0) is 81.8. The van der Waals surface area contributed by atoms with E-state index >= 15 is 0 Å². The van der Waals surface area contributed by atoms with Crippen LogP contribution >= 0.6 is 0 Å². The molecule has 0 aromatic rings. The largest absolute Gasteiger partial charge is 0.391 e. The van der Waals surface area contributed by atoms with E-state index < -0.39 is 294 Å². The number of hydrogen-bond donors (Lipinski definition) is 23. The van der Waals surface area contributed by atoms with Gasteiger partial charge in [0, 0.05) is 13.0 Å². The summed E-state index contributed by atoms with van der Waals surface area (Å²) in [6.45, 7) is 9.25. The third kappa shape index (κ3) is 45.3. The minimum atomic E-state index is -4.77. The number of nitrogens with one attached hydrogen (secondary N) is 16. The summed E-state index contributed by atoms with van der Waals surface area (Å²) in [7, 11) is -23.5. The van der Waals surface area contributed by atoms with E-state index in [4.69, 9.17) is 0 Å². The minimum absolute atomic E-state index is 0.0847. The Hall–Kier alpha value is -6.56. The van der Waals surface area contributed by atoms with E-state index in [0.29, 0.717) is 18.8 Å². The van der Waals surface area contributed by atoms with Crippen molar-refractivity contribution in [3.8, 4) is 0 Å². The van der Waals surface area contributed by atoms with Crippen molar-refractivity contribution in [1.82, 2.24) is 85.1 Å². The quantitative estimate of drug-likeness (QED) is 0.0199. The lowest BCUT2D eigenvalue weighted by atomic mass is 9.99. The van der Waals surface area contributed by atoms with Crippen LogP contribution in [0.15, 0.2) is 0 Å². The van der Waals surface area contributed by atoms with Crippen molar-refractivity contribution in [3.05, 3.63) is 0 Å². The molecule has 1 aliphatic heterocycles. The number of unbranched alkanes of at least 4 members (excludes halogenated alkanes) is 1. The highest BCUT2D eigenvalue weighted by molar-refractivity contribution is 7.86. The molecule has 23 N–H and O–H groups in total. The predicted molar refractivity (Wildman–Crippen MR) is 382 cm³/mol. The van der Waals surface area contributed by atoms with Gasteiger partial charge >= 0.3 is 0 Å². The van der Waals surface area contributed by atoms with Crippen LogP contribution in [-0.4, -0.2) is 281 Å². The third-order valence-electron chi connectivity index (χ3n) is 15.9. The van der Waals surface area contributed by atoms with E-state index in [0.717, 1.165) is 26.7 Å². The Morgan fingerprint density at radius 1 is 0.439 bits per heavy atom. The van der Waals surface area contributed by atoms with E-state index in [1.54, 1.807) is 27.7 Å². The molecule has 11 amide bonds. The molecule has 620 valence electrons. The van der Waals surface area contributed by atoms with E-state index in [1.807, 2.05) is 13.8 Å². The average Bonchev–Trinajstić information content (AvgIpc) is 1.17. The molecule has 1 unspecified atom stereocenters. The van der Waals surface area contributed by atoms with Gasteiger partial charge in [0.15, 0.2) is 0 Å². The Morgan fingerprint density at radius 3 is 1.18 bits per heavy atom. The summed E-state index contributed by atoms with van der Waals surface area (Å²) in [5.41, 5.74) is 0. The first-order valence-electron chi connectivity index (χ1n) is 34.4. The second-order valence-corrected chi connectivity index (χ2v) is 33.9. The third-order valence-corrected chi connectivity index (χ3v) is 18.7. The van der Waals surface area contributed by atoms with Crippen molar-refractivity contribution in [1.29, 1.82) is 0 Å². The number of aliphatic hydroxyl groups is 2. The summed E-state index contributed by atoms with van der Waals surface area (Å²) in [5.74, 6) is -19.1. The fourth-order valence-corrected chi connectivity index (χ4v) is 12.2. The van der Waals surface area contributed by atoms with Crippen molar-refractivity contribution in [3.63, 3.8) is 0 Å². The van der Waals surface area contributed by atoms with Gasteiger partial charge in [0.2, 0.25) is 65.0 Å². The molecule has 0 radical (unpaired) electrons. The topological polar surface area (TPSA) is 693 Å². The SMILES string of the molecule is CCC(C)CCCCC(=O)N[C@@H](CCNCS(=O)(=O)O)C(=O)N[C@@H](C(=O)N[C@@H](CCNCS(=O)(=O)O)C(=O)N[C@H]1CCNC(=O)[C@H]([C@@H](C)O)NC(=O)[C@H](CCNCS(=O)(=O)O)NC(=O)[C@H](CCNCS(=O)(=O)O)NC(=O)[C@H](CC(C)C)NC(=O)[C@@H](CC(C)C)NC(=O)[C@H](CCNCS(=O)(=O)O)NC1=O)[C@@H](C)O. The summed E-state index contributed by atoms with van der Waals surface area (Å²) >= 11 is 0. The summed E-state index contributed by atoms with van der Waals surface area (Å²) in [6.07, 6.45) is -5.23. The second-order valence-electron chi connectivity index (χ2n) is 26.7. The van der Waals surface area contributed by atoms with Gasteiger partial charge in [-0.05, 0) is 122 Å². The van der Waals surface area contributed by atoms with Gasteiger partial charge < -0.3 is 95.3 Å². The van der Waals surface area contributed by atoms with Gasteiger partial charge in [0.1, 0.15) is 89.8 Å². The molecule has 0 aromatic carbocycles. The lowest BCUT2D eigenvalue weighted by molar-refractivity contribution is -0.137. The number of amides is 11. The molecular formula is C58H110N16O28S5. The zero-order valence-electron chi connectivity index (χ0n) is 60.9. The van der Waals surface area contributed by atoms with Crippen molar-refractivity contribution in [2.45, 2.75) is 211 Å². The second kappa shape index (κ2) is 48.2. The maximum Gasteiger partial charge on any atom is 0.278 e. The molecule has 1 aliphatic rings. The lowest BCUT2D eigenvalue weighted by Gasteiger charge is -2.29. The first-order chi connectivity index (χ1) is 49.4. The molecule has 44 nitrogen and oxygen atoms in total. The van der Waals surface area contributed by atoms with Gasteiger partial charge in [0.05, 0.1) is 12.2 Å². The normalized spacial score (nSPS) is 21.5. The molecule has 0 bridgehead atoms. The zero-order valence-corrected chi connectivity index (χ0v) is 65.0. The molecule has 49 heteroatoms. The molecule has 0 spiro atoms. The fourth-order valence-electron chi connectivity index (χ4n) is 10.2. The van der Waals surface area contributed by atoms with E-state index in [-0.39, 0.29) is 32.2 Å². The maximum absolute atomic E-state index is 14.9. The Kier molecular flexibility index (Phi) is 44.3. The molecule has 107 heavy (non-hydrogen) atoms.